The van der Waals surface area contributed by atoms with Gasteiger partial charge in [0.05, 0.1) is 24.2 Å². The quantitative estimate of drug-likeness (QED) is 0.0648. The Kier molecular flexibility index (Phi) is 17.5. The third-order valence-electron chi connectivity index (χ3n) is 10.7. The van der Waals surface area contributed by atoms with Crippen molar-refractivity contribution in [3.63, 3.8) is 0 Å². The minimum absolute atomic E-state index is 0.0477. The van der Waals surface area contributed by atoms with Crippen molar-refractivity contribution < 1.29 is 24.0 Å². The van der Waals surface area contributed by atoms with Crippen LogP contribution in [0, 0.1) is 0 Å². The highest BCUT2D eigenvalue weighted by Crippen LogP contribution is 2.36. The maximum absolute atomic E-state index is 12.7. The summed E-state index contributed by atoms with van der Waals surface area (Å²) in [5.74, 6) is 2.11. The number of carbonyl (C=O) groups is 5. The molecule has 2 fully saturated rings. The first kappa shape index (κ1) is 43.9. The van der Waals surface area contributed by atoms with E-state index in [4.69, 9.17) is 17.2 Å². The van der Waals surface area contributed by atoms with Gasteiger partial charge in [0, 0.05) is 77.7 Å². The lowest BCUT2D eigenvalue weighted by molar-refractivity contribution is -0.122. The van der Waals surface area contributed by atoms with E-state index in [2.05, 4.69) is 41.9 Å². The highest BCUT2D eigenvalue weighted by Gasteiger charge is 2.41. The molecule has 4 aliphatic rings. The van der Waals surface area contributed by atoms with Crippen molar-refractivity contribution in [2.45, 2.75) is 137 Å². The van der Waals surface area contributed by atoms with Gasteiger partial charge in [0.2, 0.25) is 29.5 Å². The molecule has 1 aromatic rings. The molecule has 6 atom stereocenters. The van der Waals surface area contributed by atoms with Crippen LogP contribution < -0.4 is 49.1 Å². The number of anilines is 2. The molecule has 0 saturated carbocycles. The van der Waals surface area contributed by atoms with Crippen LogP contribution in [0.2, 0.25) is 0 Å². The first-order valence-corrected chi connectivity index (χ1v) is 22.6. The van der Waals surface area contributed by atoms with Crippen LogP contribution in [0.3, 0.4) is 0 Å². The predicted octanol–water partition coefficient (Wildman–Crippen LogP) is 2.68. The Balaban J connectivity index is 0.867. The first-order valence-electron chi connectivity index (χ1n) is 20.5. The number of unbranched alkanes of at least 4 members (excludes halogenated alkanes) is 6. The number of fused-ring (bicyclic) bond motifs is 2. The van der Waals surface area contributed by atoms with Crippen molar-refractivity contribution in [1.29, 1.82) is 0 Å². The fourth-order valence-electron chi connectivity index (χ4n) is 7.68. The zero-order valence-corrected chi connectivity index (χ0v) is 34.5. The number of carbonyl (C=O) groups excluding carboxylic acids is 5. The number of aliphatic imine (C=N–C) groups is 2. The monoisotopic (exact) mass is 827 g/mol. The lowest BCUT2D eigenvalue weighted by Crippen LogP contribution is -2.38. The van der Waals surface area contributed by atoms with Gasteiger partial charge in [0.15, 0.2) is 11.9 Å². The summed E-state index contributed by atoms with van der Waals surface area (Å²) in [6.07, 6.45) is 11.6. The summed E-state index contributed by atoms with van der Waals surface area (Å²) in [6.45, 7) is 1.13. The molecule has 4 aliphatic heterocycles. The highest BCUT2D eigenvalue weighted by molar-refractivity contribution is 8.00. The van der Waals surface area contributed by atoms with Crippen LogP contribution in [0.15, 0.2) is 28.2 Å². The number of hydrogen-bond acceptors (Lipinski definition) is 13. The van der Waals surface area contributed by atoms with E-state index in [1.165, 1.54) is 12.1 Å². The zero-order chi connectivity index (χ0) is 40.6. The molecule has 57 heavy (non-hydrogen) atoms. The minimum atomic E-state index is -0.675. The maximum Gasteiger partial charge on any atom is 0.248 e. The van der Waals surface area contributed by atoms with Gasteiger partial charge >= 0.3 is 0 Å². The van der Waals surface area contributed by atoms with Crippen LogP contribution in [0.5, 0.6) is 0 Å². The molecule has 12 N–H and O–H groups in total. The number of thioether (sulfide) groups is 2. The largest absolute Gasteiger partial charge is 0.370 e. The van der Waals surface area contributed by atoms with E-state index in [1.54, 1.807) is 6.07 Å². The van der Waals surface area contributed by atoms with Crippen LogP contribution in [0.1, 0.15) is 113 Å². The molecule has 314 valence electrons. The summed E-state index contributed by atoms with van der Waals surface area (Å²) in [6, 6.07) is 5.77. The van der Waals surface area contributed by atoms with Gasteiger partial charge in [0.1, 0.15) is 0 Å². The van der Waals surface area contributed by atoms with Gasteiger partial charge in [-0.15, -0.1) is 0 Å². The zero-order valence-electron chi connectivity index (χ0n) is 32.8. The number of nitrogens with two attached hydrogens (primary N) is 3. The van der Waals surface area contributed by atoms with Gasteiger partial charge < -0.3 is 49.1 Å². The smallest absolute Gasteiger partial charge is 0.248 e. The average molecular weight is 828 g/mol. The van der Waals surface area contributed by atoms with E-state index < -0.39 is 5.91 Å². The van der Waals surface area contributed by atoms with Gasteiger partial charge in [-0.1, -0.05) is 25.7 Å². The number of benzene rings is 1. The van der Waals surface area contributed by atoms with Crippen molar-refractivity contribution in [1.82, 2.24) is 21.3 Å². The Morgan fingerprint density at radius 3 is 1.46 bits per heavy atom. The SMILES string of the molecule is NC(=O)c1cc(NC(=O)CCCCCNC(=O)CCCC[C@@H]2SC[C@@H]3NC(N)=N[C@@H]32)cc(NC(=O)CCCCCNC(=O)CCCC[C@@H]2SCC3NC(N)=N[C@@H]32)c1. The lowest BCUT2D eigenvalue weighted by Gasteiger charge is -2.14. The summed E-state index contributed by atoms with van der Waals surface area (Å²) < 4.78 is 0. The third-order valence-corrected chi connectivity index (χ3v) is 13.7. The standard InChI is InChI=1S/C39H61N11O5S2/c40-37(55)24-19-25(45-33(53)15-3-1-9-17-43-31(51)13-7-5-11-29-35-27(22-56-29)47-38(41)49-35)21-26(20-24)46-34(54)16-4-2-10-18-44-32(52)14-8-6-12-30-36-28(23-57-30)48-39(42)50-36/h19-21,27-30,35-36H,1-18,22-23H2,(H2,40,55)(H,43,51)(H,44,52)(H,45,53)(H,46,54)(H3,41,47,49)(H3,42,48,50)/t27-,28?,29-,30-,35-,36-/m0/s1. The van der Waals surface area contributed by atoms with E-state index in [0.29, 0.717) is 84.7 Å². The summed E-state index contributed by atoms with van der Waals surface area (Å²) in [4.78, 5) is 70.9. The van der Waals surface area contributed by atoms with E-state index >= 15 is 0 Å². The van der Waals surface area contributed by atoms with Crippen molar-refractivity contribution in [3.05, 3.63) is 23.8 Å². The predicted molar refractivity (Wildman–Crippen MR) is 229 cm³/mol. The summed E-state index contributed by atoms with van der Waals surface area (Å²) in [5.41, 5.74) is 18.0. The molecule has 5 rings (SSSR count). The number of nitrogens with one attached hydrogen (secondary N) is 6. The molecule has 0 aromatic heterocycles. The van der Waals surface area contributed by atoms with E-state index in [9.17, 15) is 24.0 Å². The van der Waals surface area contributed by atoms with Crippen LogP contribution in [-0.2, 0) is 19.2 Å². The van der Waals surface area contributed by atoms with Crippen LogP contribution >= 0.6 is 23.5 Å². The Labute approximate surface area is 344 Å². The molecule has 0 spiro atoms. The summed E-state index contributed by atoms with van der Waals surface area (Å²) >= 11 is 3.86. The maximum atomic E-state index is 12.7. The minimum Gasteiger partial charge on any atom is -0.370 e. The number of nitrogens with zero attached hydrogens (tertiary/aromatic N) is 2. The van der Waals surface area contributed by atoms with E-state index in [0.717, 1.165) is 75.7 Å². The topological polar surface area (TPSA) is 260 Å². The van der Waals surface area contributed by atoms with Crippen molar-refractivity contribution in [2.24, 2.45) is 27.2 Å². The Bertz CT molecular complexity index is 1520. The summed E-state index contributed by atoms with van der Waals surface area (Å²) in [7, 11) is 0. The molecule has 2 saturated heterocycles. The number of rotatable bonds is 25. The molecular formula is C39H61N11O5S2. The Morgan fingerprint density at radius 2 is 1.02 bits per heavy atom. The van der Waals surface area contributed by atoms with Crippen molar-refractivity contribution in [3.8, 4) is 0 Å². The molecule has 0 bridgehead atoms. The third kappa shape index (κ3) is 14.6. The highest BCUT2D eigenvalue weighted by atomic mass is 32.2. The number of primary amides is 1. The fraction of sp³-hybridized carbons (Fsp3) is 0.667. The molecule has 0 radical (unpaired) electrons. The first-order chi connectivity index (χ1) is 27.5. The molecule has 4 heterocycles. The van der Waals surface area contributed by atoms with Gasteiger partial charge in [0.25, 0.3) is 0 Å². The molecule has 16 nitrogen and oxygen atoms in total. The molecule has 1 unspecified atom stereocenters. The van der Waals surface area contributed by atoms with Gasteiger partial charge in [-0.2, -0.15) is 23.5 Å². The number of guanidine groups is 2. The Morgan fingerprint density at radius 1 is 0.596 bits per heavy atom. The average Bonchev–Trinajstić information content (AvgIpc) is 3.93. The van der Waals surface area contributed by atoms with Crippen LogP contribution in [0.4, 0.5) is 11.4 Å². The lowest BCUT2D eigenvalue weighted by atomic mass is 10.0. The molecule has 0 aliphatic carbocycles. The second-order valence-electron chi connectivity index (χ2n) is 15.3. The van der Waals surface area contributed by atoms with E-state index in [-0.39, 0.29) is 54.1 Å². The van der Waals surface area contributed by atoms with Crippen LogP contribution in [0.25, 0.3) is 0 Å². The Hall–Kier alpha value is -4.19. The van der Waals surface area contributed by atoms with Crippen molar-refractivity contribution in [2.75, 3.05) is 35.2 Å². The molecule has 5 amide bonds. The van der Waals surface area contributed by atoms with Crippen LogP contribution in [-0.4, -0.2) is 101 Å². The molecule has 18 heteroatoms. The normalized spacial score (nSPS) is 23.0. The molecular weight excluding hydrogens is 767 g/mol. The fourth-order valence-corrected chi connectivity index (χ4v) is 10.7. The summed E-state index contributed by atoms with van der Waals surface area (Å²) in [5, 5.41) is 18.9. The number of amides is 5. The van der Waals surface area contributed by atoms with Gasteiger partial charge in [-0.3, -0.25) is 24.0 Å². The second kappa shape index (κ2) is 22.7. The van der Waals surface area contributed by atoms with Crippen molar-refractivity contribution >= 4 is 76.4 Å². The number of hydrogen-bond donors (Lipinski definition) is 9. The van der Waals surface area contributed by atoms with E-state index in [1.807, 2.05) is 23.5 Å². The second-order valence-corrected chi connectivity index (χ2v) is 17.9. The molecule has 1 aromatic carbocycles. The van der Waals surface area contributed by atoms with Gasteiger partial charge in [-0.05, 0) is 69.6 Å². The van der Waals surface area contributed by atoms with Gasteiger partial charge in [-0.25, -0.2) is 9.98 Å².